The van der Waals surface area contributed by atoms with E-state index in [-0.39, 0.29) is 17.1 Å². The van der Waals surface area contributed by atoms with Crippen molar-refractivity contribution in [3.8, 4) is 0 Å². The molecule has 0 spiro atoms. The molecule has 2 aromatic rings. The second-order valence-corrected chi connectivity index (χ2v) is 14.1. The van der Waals surface area contributed by atoms with Crippen molar-refractivity contribution in [3.63, 3.8) is 0 Å². The Morgan fingerprint density at radius 3 is 1.73 bits per heavy atom. The highest BCUT2D eigenvalue weighted by molar-refractivity contribution is 6.74. The lowest BCUT2D eigenvalue weighted by atomic mass is 10.0. The van der Waals surface area contributed by atoms with Gasteiger partial charge in [0.2, 0.25) is 0 Å². The predicted octanol–water partition coefficient (Wildman–Crippen LogP) is 6.61. The molecule has 0 saturated heterocycles. The van der Waals surface area contributed by atoms with Crippen molar-refractivity contribution in [2.24, 2.45) is 5.92 Å². The van der Waals surface area contributed by atoms with Crippen LogP contribution in [0.3, 0.4) is 0 Å². The van der Waals surface area contributed by atoms with Crippen LogP contribution in [-0.4, -0.2) is 27.6 Å². The highest BCUT2D eigenvalue weighted by Gasteiger charge is 2.40. The number of ether oxygens (including phenoxy) is 2. The highest BCUT2D eigenvalue weighted by Crippen LogP contribution is 2.38. The Labute approximate surface area is 184 Å². The number of hydrogen-bond acceptors (Lipinski definition) is 3. The van der Waals surface area contributed by atoms with Crippen molar-refractivity contribution in [3.05, 3.63) is 84.4 Å². The molecule has 3 nitrogen and oxygen atoms in total. The van der Waals surface area contributed by atoms with Gasteiger partial charge in [-0.15, -0.1) is 6.58 Å². The SMILES string of the molecule is C=C[C@H](COCc1ccccc1)[C@H](COCc1ccccc1)O[Si](C)(C)C(C)(C)C. The minimum absolute atomic E-state index is 0.0682. The highest BCUT2D eigenvalue weighted by atomic mass is 28.4. The smallest absolute Gasteiger partial charge is 0.192 e. The van der Waals surface area contributed by atoms with E-state index in [0.717, 1.165) is 0 Å². The Bertz CT molecular complexity index is 738. The van der Waals surface area contributed by atoms with Gasteiger partial charge in [0.1, 0.15) is 0 Å². The van der Waals surface area contributed by atoms with E-state index in [1.165, 1.54) is 11.1 Å². The fourth-order valence-electron chi connectivity index (χ4n) is 2.88. The molecular weight excluding hydrogens is 388 g/mol. The van der Waals surface area contributed by atoms with Crippen LogP contribution in [0.4, 0.5) is 0 Å². The Balaban J connectivity index is 2.01. The number of rotatable bonds is 12. The van der Waals surface area contributed by atoms with Crippen LogP contribution in [0.1, 0.15) is 31.9 Å². The second kappa shape index (κ2) is 11.6. The average molecular weight is 427 g/mol. The molecule has 0 aliphatic heterocycles. The van der Waals surface area contributed by atoms with Gasteiger partial charge >= 0.3 is 0 Å². The summed E-state index contributed by atoms with van der Waals surface area (Å²) in [5.74, 6) is 0.0682. The van der Waals surface area contributed by atoms with Crippen LogP contribution in [0.5, 0.6) is 0 Å². The molecular formula is C26H38O3Si. The van der Waals surface area contributed by atoms with Gasteiger partial charge in [0.05, 0.1) is 32.5 Å². The summed E-state index contributed by atoms with van der Waals surface area (Å²) < 4.78 is 18.9. The first kappa shape index (κ1) is 24.5. The monoisotopic (exact) mass is 426 g/mol. The molecule has 0 heterocycles. The molecule has 2 aromatic carbocycles. The van der Waals surface area contributed by atoms with Gasteiger partial charge in [-0.3, -0.25) is 0 Å². The summed E-state index contributed by atoms with van der Waals surface area (Å²) in [6, 6.07) is 20.5. The van der Waals surface area contributed by atoms with Crippen LogP contribution in [0.25, 0.3) is 0 Å². The molecule has 0 aliphatic carbocycles. The van der Waals surface area contributed by atoms with Crippen LogP contribution in [0.2, 0.25) is 18.1 Å². The van der Waals surface area contributed by atoms with Crippen LogP contribution >= 0.6 is 0 Å². The Kier molecular flexibility index (Phi) is 9.50. The van der Waals surface area contributed by atoms with E-state index in [4.69, 9.17) is 13.9 Å². The zero-order valence-corrected chi connectivity index (χ0v) is 20.3. The summed E-state index contributed by atoms with van der Waals surface area (Å²) in [7, 11) is -1.96. The average Bonchev–Trinajstić information content (AvgIpc) is 2.71. The van der Waals surface area contributed by atoms with Crippen molar-refractivity contribution in [2.45, 2.75) is 58.2 Å². The van der Waals surface area contributed by atoms with Crippen LogP contribution in [0.15, 0.2) is 73.3 Å². The molecule has 0 unspecified atom stereocenters. The van der Waals surface area contributed by atoms with Gasteiger partial charge in [0.15, 0.2) is 8.32 Å². The molecule has 0 fully saturated rings. The molecule has 30 heavy (non-hydrogen) atoms. The minimum atomic E-state index is -1.96. The molecule has 2 atom stereocenters. The van der Waals surface area contributed by atoms with Crippen LogP contribution in [0, 0.1) is 5.92 Å². The van der Waals surface area contributed by atoms with Gasteiger partial charge in [-0.25, -0.2) is 0 Å². The maximum absolute atomic E-state index is 6.76. The third-order valence-corrected chi connectivity index (χ3v) is 10.4. The molecule has 2 rings (SSSR count). The maximum Gasteiger partial charge on any atom is 0.192 e. The van der Waals surface area contributed by atoms with Crippen molar-refractivity contribution in [1.29, 1.82) is 0 Å². The molecule has 164 valence electrons. The molecule has 0 aromatic heterocycles. The Morgan fingerprint density at radius 2 is 1.30 bits per heavy atom. The zero-order valence-electron chi connectivity index (χ0n) is 19.3. The van der Waals surface area contributed by atoms with Crippen molar-refractivity contribution >= 4 is 8.32 Å². The third-order valence-electron chi connectivity index (χ3n) is 5.85. The van der Waals surface area contributed by atoms with Crippen LogP contribution < -0.4 is 0 Å². The van der Waals surface area contributed by atoms with Gasteiger partial charge in [0.25, 0.3) is 0 Å². The van der Waals surface area contributed by atoms with E-state index in [2.05, 4.69) is 64.7 Å². The Morgan fingerprint density at radius 1 is 0.833 bits per heavy atom. The number of benzene rings is 2. The van der Waals surface area contributed by atoms with Crippen LogP contribution in [-0.2, 0) is 27.1 Å². The second-order valence-electron chi connectivity index (χ2n) is 9.32. The number of hydrogen-bond donors (Lipinski definition) is 0. The third kappa shape index (κ3) is 7.84. The topological polar surface area (TPSA) is 27.7 Å². The molecule has 0 aliphatic rings. The first-order valence-corrected chi connectivity index (χ1v) is 13.7. The summed E-state index contributed by atoms with van der Waals surface area (Å²) in [5.41, 5.74) is 2.33. The van der Waals surface area contributed by atoms with Crippen molar-refractivity contribution in [1.82, 2.24) is 0 Å². The molecule has 4 heteroatoms. The minimum Gasteiger partial charge on any atom is -0.411 e. The molecule has 0 N–H and O–H groups in total. The van der Waals surface area contributed by atoms with E-state index >= 15 is 0 Å². The molecule has 0 saturated carbocycles. The lowest BCUT2D eigenvalue weighted by Crippen LogP contribution is -2.47. The fourth-order valence-corrected chi connectivity index (χ4v) is 4.23. The van der Waals surface area contributed by atoms with Gasteiger partial charge in [0, 0.05) is 5.92 Å². The van der Waals surface area contributed by atoms with E-state index in [9.17, 15) is 0 Å². The van der Waals surface area contributed by atoms with E-state index in [1.807, 2.05) is 42.5 Å². The predicted molar refractivity (Wildman–Crippen MR) is 128 cm³/mol. The van der Waals surface area contributed by atoms with Crippen molar-refractivity contribution in [2.75, 3.05) is 13.2 Å². The summed E-state index contributed by atoms with van der Waals surface area (Å²) in [4.78, 5) is 0. The van der Waals surface area contributed by atoms with E-state index in [0.29, 0.717) is 26.4 Å². The Hall–Kier alpha value is -1.72. The van der Waals surface area contributed by atoms with Gasteiger partial charge < -0.3 is 13.9 Å². The maximum atomic E-state index is 6.76. The van der Waals surface area contributed by atoms with Gasteiger partial charge in [-0.05, 0) is 29.3 Å². The summed E-state index contributed by atoms with van der Waals surface area (Å²) in [6.07, 6.45) is 1.87. The normalized spacial score (nSPS) is 14.3. The van der Waals surface area contributed by atoms with E-state index in [1.54, 1.807) is 0 Å². The van der Waals surface area contributed by atoms with E-state index < -0.39 is 8.32 Å². The zero-order chi connectivity index (χ0) is 22.0. The first-order valence-electron chi connectivity index (χ1n) is 10.8. The van der Waals surface area contributed by atoms with Crippen molar-refractivity contribution < 1.29 is 13.9 Å². The largest absolute Gasteiger partial charge is 0.411 e. The lowest BCUT2D eigenvalue weighted by Gasteiger charge is -2.41. The molecule has 0 radical (unpaired) electrons. The quantitative estimate of drug-likeness (QED) is 0.282. The summed E-state index contributed by atoms with van der Waals surface area (Å²) >= 11 is 0. The lowest BCUT2D eigenvalue weighted by molar-refractivity contribution is -0.0119. The molecule has 0 bridgehead atoms. The molecule has 0 amide bonds. The first-order chi connectivity index (χ1) is 14.2. The summed E-state index contributed by atoms with van der Waals surface area (Å²) in [6.45, 7) is 17.7. The van der Waals surface area contributed by atoms with Gasteiger partial charge in [-0.1, -0.05) is 87.5 Å². The fraction of sp³-hybridized carbons (Fsp3) is 0.462. The summed E-state index contributed by atoms with van der Waals surface area (Å²) in [5, 5.41) is 0.126. The standard InChI is InChI=1S/C26H38O3Si/c1-7-24(20-27-18-22-14-10-8-11-15-22)25(29-30(5,6)26(2,3)4)21-28-19-23-16-12-9-13-17-23/h7-17,24-25H,1,18-21H2,2-6H3/t24-,25+/m1/s1. The van der Waals surface area contributed by atoms with Gasteiger partial charge in [-0.2, -0.15) is 0 Å².